The van der Waals surface area contributed by atoms with Crippen LogP contribution >= 0.6 is 22.7 Å². The molecule has 52 heavy (non-hydrogen) atoms. The molecule has 0 aliphatic heterocycles. The van der Waals surface area contributed by atoms with Crippen LogP contribution < -0.4 is 4.90 Å². The maximum Gasteiger partial charge on any atom is 0.0640 e. The van der Waals surface area contributed by atoms with Gasteiger partial charge in [0.25, 0.3) is 0 Å². The minimum atomic E-state index is 1.15. The largest absolute Gasteiger partial charge is 0.309 e. The molecule has 0 bridgehead atoms. The van der Waals surface area contributed by atoms with Crippen LogP contribution in [-0.4, -0.2) is 4.57 Å². The Hall–Kier alpha value is -6.20. The van der Waals surface area contributed by atoms with Gasteiger partial charge in [-0.15, -0.1) is 22.7 Å². The molecule has 3 heterocycles. The second-order valence-electron chi connectivity index (χ2n) is 13.2. The van der Waals surface area contributed by atoms with Crippen molar-refractivity contribution in [1.82, 2.24) is 4.57 Å². The van der Waals surface area contributed by atoms with Crippen LogP contribution in [0.3, 0.4) is 0 Å². The number of benzene rings is 8. The van der Waals surface area contributed by atoms with Crippen LogP contribution in [0.1, 0.15) is 0 Å². The highest BCUT2D eigenvalue weighted by Gasteiger charge is 2.25. The lowest BCUT2D eigenvalue weighted by Gasteiger charge is -2.29. The molecule has 3 aromatic heterocycles. The lowest BCUT2D eigenvalue weighted by Crippen LogP contribution is -2.12. The van der Waals surface area contributed by atoms with E-state index in [9.17, 15) is 0 Å². The van der Waals surface area contributed by atoms with Gasteiger partial charge in [-0.05, 0) is 54.6 Å². The first-order valence-corrected chi connectivity index (χ1v) is 19.2. The highest BCUT2D eigenvalue weighted by atomic mass is 32.1. The normalized spacial score (nSPS) is 11.8. The molecule has 0 saturated heterocycles. The van der Waals surface area contributed by atoms with Crippen molar-refractivity contribution >= 4 is 102 Å². The van der Waals surface area contributed by atoms with Crippen molar-refractivity contribution < 1.29 is 0 Å². The molecule has 0 spiro atoms. The average molecular weight is 699 g/mol. The summed E-state index contributed by atoms with van der Waals surface area (Å²) in [5.41, 5.74) is 9.48. The van der Waals surface area contributed by atoms with Crippen LogP contribution in [0.25, 0.3) is 79.0 Å². The van der Waals surface area contributed by atoms with E-state index in [1.54, 1.807) is 0 Å². The summed E-state index contributed by atoms with van der Waals surface area (Å²) in [4.78, 5) is 2.54. The van der Waals surface area contributed by atoms with Crippen LogP contribution in [0.4, 0.5) is 17.1 Å². The molecule has 8 aromatic carbocycles. The van der Waals surface area contributed by atoms with Gasteiger partial charge in [0.1, 0.15) is 0 Å². The molecule has 0 radical (unpaired) electrons. The highest BCUT2D eigenvalue weighted by Crippen LogP contribution is 2.51. The fraction of sp³-hybridized carbons (Fsp3) is 0. The van der Waals surface area contributed by atoms with Gasteiger partial charge in [0, 0.05) is 63.2 Å². The number of hydrogen-bond donors (Lipinski definition) is 0. The molecule has 0 saturated carbocycles. The molecule has 11 aromatic rings. The molecule has 0 aliphatic rings. The van der Waals surface area contributed by atoms with Gasteiger partial charge in [-0.25, -0.2) is 0 Å². The lowest BCUT2D eigenvalue weighted by atomic mass is 9.99. The number of aromatic nitrogens is 1. The van der Waals surface area contributed by atoms with Gasteiger partial charge in [-0.3, -0.25) is 0 Å². The van der Waals surface area contributed by atoms with E-state index in [1.165, 1.54) is 79.0 Å². The molecule has 0 aliphatic carbocycles. The number of fused-ring (bicyclic) bond motifs is 9. The monoisotopic (exact) mass is 698 g/mol. The van der Waals surface area contributed by atoms with Gasteiger partial charge in [0.15, 0.2) is 0 Å². The second kappa shape index (κ2) is 11.7. The first-order valence-electron chi connectivity index (χ1n) is 17.6. The third-order valence-electron chi connectivity index (χ3n) is 10.4. The van der Waals surface area contributed by atoms with Gasteiger partial charge in [-0.1, -0.05) is 127 Å². The first kappa shape index (κ1) is 29.5. The summed E-state index contributed by atoms with van der Waals surface area (Å²) in [6.45, 7) is 0. The molecule has 0 atom stereocenters. The minimum absolute atomic E-state index is 1.15. The SMILES string of the molecule is c1ccc(-n2c3ccccc3c3c(N(c4ccccc4-c4cccc5c4sc4ccccc45)c4cccc5c4sc4ccccc45)cccc32)cc1. The van der Waals surface area contributed by atoms with E-state index < -0.39 is 0 Å². The molecule has 0 N–H and O–H groups in total. The van der Waals surface area contributed by atoms with Crippen LogP contribution in [0.5, 0.6) is 0 Å². The Labute approximate surface area is 308 Å². The smallest absolute Gasteiger partial charge is 0.0640 e. The van der Waals surface area contributed by atoms with Crippen LogP contribution in [-0.2, 0) is 0 Å². The topological polar surface area (TPSA) is 8.17 Å². The van der Waals surface area contributed by atoms with Gasteiger partial charge < -0.3 is 9.47 Å². The summed E-state index contributed by atoms with van der Waals surface area (Å²) in [6.07, 6.45) is 0. The molecular formula is C48H30N2S2. The van der Waals surface area contributed by atoms with Gasteiger partial charge in [0.05, 0.1) is 32.8 Å². The average Bonchev–Trinajstić information content (AvgIpc) is 3.89. The quantitative estimate of drug-likeness (QED) is 0.174. The fourth-order valence-electron chi connectivity index (χ4n) is 8.20. The summed E-state index contributed by atoms with van der Waals surface area (Å²) in [6, 6.07) is 66.6. The zero-order valence-electron chi connectivity index (χ0n) is 28.0. The summed E-state index contributed by atoms with van der Waals surface area (Å²) in [7, 11) is 0. The van der Waals surface area contributed by atoms with Crippen molar-refractivity contribution in [1.29, 1.82) is 0 Å². The molecule has 0 unspecified atom stereocenters. The molecule has 11 rings (SSSR count). The number of hydrogen-bond acceptors (Lipinski definition) is 3. The van der Waals surface area contributed by atoms with Gasteiger partial charge >= 0.3 is 0 Å². The molecular weight excluding hydrogens is 669 g/mol. The number of nitrogens with zero attached hydrogens (tertiary/aromatic N) is 2. The third-order valence-corrected chi connectivity index (χ3v) is 12.8. The predicted octanol–water partition coefficient (Wildman–Crippen LogP) is 14.7. The molecule has 244 valence electrons. The van der Waals surface area contributed by atoms with Crippen molar-refractivity contribution in [3.8, 4) is 16.8 Å². The van der Waals surface area contributed by atoms with Gasteiger partial charge in [-0.2, -0.15) is 0 Å². The molecule has 2 nitrogen and oxygen atoms in total. The fourth-order valence-corrected chi connectivity index (χ4v) is 10.6. The number of thiophene rings is 2. The predicted molar refractivity (Wildman–Crippen MR) is 227 cm³/mol. The Bertz CT molecular complexity index is 3150. The van der Waals surface area contributed by atoms with E-state index in [4.69, 9.17) is 0 Å². The van der Waals surface area contributed by atoms with Crippen LogP contribution in [0.15, 0.2) is 182 Å². The summed E-state index contributed by atoms with van der Waals surface area (Å²) < 4.78 is 7.62. The molecule has 0 fully saturated rings. The van der Waals surface area contributed by atoms with E-state index in [0.717, 1.165) is 17.1 Å². The zero-order chi connectivity index (χ0) is 34.2. The Morgan fingerprint density at radius 2 is 0.865 bits per heavy atom. The van der Waals surface area contributed by atoms with Crippen molar-refractivity contribution in [2.75, 3.05) is 4.90 Å². The standard InChI is InChI=1S/C48H30N2S2/c1-2-15-31(16-3-1)49-40-25-9-5-20-38(40)46-41(49)26-14-27-42(46)50(43-28-13-23-37-34-19-7-11-30-45(34)52-48(37)43)39-24-8-4-17-32(39)35-21-12-22-36-33-18-6-10-29-44(33)51-47(35)36/h1-30H. The van der Waals surface area contributed by atoms with E-state index in [0.29, 0.717) is 0 Å². The van der Waals surface area contributed by atoms with Crippen LogP contribution in [0.2, 0.25) is 0 Å². The Morgan fingerprint density at radius 3 is 1.67 bits per heavy atom. The van der Waals surface area contributed by atoms with Gasteiger partial charge in [0.2, 0.25) is 0 Å². The van der Waals surface area contributed by atoms with Crippen molar-refractivity contribution in [2.24, 2.45) is 0 Å². The minimum Gasteiger partial charge on any atom is -0.309 e. The summed E-state index contributed by atoms with van der Waals surface area (Å²) in [5, 5.41) is 7.66. The van der Waals surface area contributed by atoms with Crippen molar-refractivity contribution in [2.45, 2.75) is 0 Å². The third kappa shape index (κ3) is 4.35. The molecule has 4 heteroatoms. The molecule has 0 amide bonds. The summed E-state index contributed by atoms with van der Waals surface area (Å²) >= 11 is 3.77. The van der Waals surface area contributed by atoms with Crippen molar-refractivity contribution in [3.05, 3.63) is 182 Å². The Balaban J connectivity index is 1.27. The second-order valence-corrected chi connectivity index (χ2v) is 15.3. The Kier molecular flexibility index (Phi) is 6.63. The lowest BCUT2D eigenvalue weighted by molar-refractivity contribution is 1.18. The van der Waals surface area contributed by atoms with E-state index in [1.807, 2.05) is 22.7 Å². The van der Waals surface area contributed by atoms with E-state index in [2.05, 4.69) is 191 Å². The number of rotatable bonds is 5. The first-order chi connectivity index (χ1) is 25.8. The van der Waals surface area contributed by atoms with E-state index >= 15 is 0 Å². The maximum atomic E-state index is 2.54. The number of para-hydroxylation sites is 3. The number of anilines is 3. The van der Waals surface area contributed by atoms with Crippen LogP contribution in [0, 0.1) is 0 Å². The summed E-state index contributed by atoms with van der Waals surface area (Å²) in [5.74, 6) is 0. The zero-order valence-corrected chi connectivity index (χ0v) is 29.7. The van der Waals surface area contributed by atoms with Crippen molar-refractivity contribution in [3.63, 3.8) is 0 Å². The highest BCUT2D eigenvalue weighted by molar-refractivity contribution is 7.26. The Morgan fingerprint density at radius 1 is 0.346 bits per heavy atom. The van der Waals surface area contributed by atoms with E-state index in [-0.39, 0.29) is 0 Å². The maximum absolute atomic E-state index is 2.54.